The fourth-order valence-corrected chi connectivity index (χ4v) is 9.99. The fourth-order valence-electron chi connectivity index (χ4n) is 9.99. The van der Waals surface area contributed by atoms with Gasteiger partial charge in [-0.3, -0.25) is 38.4 Å². The molecule has 434 valence electrons. The van der Waals surface area contributed by atoms with Crippen LogP contribution in [0.15, 0.2) is 65.7 Å². The van der Waals surface area contributed by atoms with Crippen molar-refractivity contribution >= 4 is 81.6 Å². The van der Waals surface area contributed by atoms with Crippen LogP contribution in [0.1, 0.15) is 104 Å². The maximum Gasteiger partial charge on any atom is 0.416 e. The molecule has 81 heavy (non-hydrogen) atoms. The Hall–Kier alpha value is -8.49. The topological polar surface area (TPSA) is 307 Å². The number of furan rings is 1. The van der Waals surface area contributed by atoms with Crippen LogP contribution in [0, 0.1) is 0 Å². The van der Waals surface area contributed by atoms with Crippen molar-refractivity contribution in [1.82, 2.24) is 14.8 Å². The predicted octanol–water partition coefficient (Wildman–Crippen LogP) is 5.26. The van der Waals surface area contributed by atoms with Crippen molar-refractivity contribution in [2.24, 2.45) is 7.05 Å². The van der Waals surface area contributed by atoms with Gasteiger partial charge in [0.1, 0.15) is 36.6 Å². The zero-order chi connectivity index (χ0) is 58.1. The Morgan fingerprint density at radius 2 is 1.58 bits per heavy atom. The maximum atomic E-state index is 14.2. The number of benzene rings is 2. The van der Waals surface area contributed by atoms with Gasteiger partial charge in [-0.2, -0.15) is 0 Å². The molecule has 6 heterocycles. The summed E-state index contributed by atoms with van der Waals surface area (Å²) in [4.78, 5) is 120. The van der Waals surface area contributed by atoms with Crippen LogP contribution in [0.4, 0.5) is 21.9 Å². The summed E-state index contributed by atoms with van der Waals surface area (Å²) in [5.74, 6) is -5.18. The summed E-state index contributed by atoms with van der Waals surface area (Å²) in [6.07, 6.45) is -1.27. The van der Waals surface area contributed by atoms with Gasteiger partial charge in [-0.15, -0.1) is 0 Å². The van der Waals surface area contributed by atoms with Crippen LogP contribution in [0.3, 0.4) is 0 Å². The largest absolute Gasteiger partial charge is 0.493 e. The summed E-state index contributed by atoms with van der Waals surface area (Å²) in [5.41, 5.74) is 1.44. The maximum absolute atomic E-state index is 14.2. The lowest BCUT2D eigenvalue weighted by Gasteiger charge is -2.44. The number of anilines is 3. The molecule has 7 unspecified atom stereocenters. The second-order valence-electron chi connectivity index (χ2n) is 19.4. The molecular formula is C55H64N6O20. The zero-order valence-corrected chi connectivity index (χ0v) is 45.5. The lowest BCUT2D eigenvalue weighted by atomic mass is 9.96. The van der Waals surface area contributed by atoms with Gasteiger partial charge < -0.3 is 77.2 Å². The van der Waals surface area contributed by atoms with Gasteiger partial charge in [0.2, 0.25) is 12.2 Å². The zero-order valence-electron chi connectivity index (χ0n) is 45.5. The molecule has 3 fully saturated rings. The van der Waals surface area contributed by atoms with Crippen molar-refractivity contribution < 1.29 is 94.9 Å². The van der Waals surface area contributed by atoms with E-state index in [9.17, 15) is 43.2 Å². The second-order valence-corrected chi connectivity index (χ2v) is 19.4. The Kier molecular flexibility index (Phi) is 19.0. The van der Waals surface area contributed by atoms with Crippen molar-refractivity contribution in [3.05, 3.63) is 78.3 Å². The van der Waals surface area contributed by atoms with Crippen LogP contribution >= 0.6 is 0 Å². The van der Waals surface area contributed by atoms with E-state index in [1.54, 1.807) is 30.3 Å². The lowest BCUT2D eigenvalue weighted by molar-refractivity contribution is -0.270. The first-order valence-corrected chi connectivity index (χ1v) is 26.2. The molecule has 2 aromatic carbocycles. The molecule has 0 bridgehead atoms. The predicted molar refractivity (Wildman–Crippen MR) is 282 cm³/mol. The van der Waals surface area contributed by atoms with E-state index in [1.807, 2.05) is 0 Å². The summed E-state index contributed by atoms with van der Waals surface area (Å²) in [6.45, 7) is 8.43. The molecule has 3 saturated heterocycles. The molecule has 26 heteroatoms. The molecule has 0 saturated carbocycles. The summed E-state index contributed by atoms with van der Waals surface area (Å²) in [7, 11) is 3.05. The van der Waals surface area contributed by atoms with E-state index >= 15 is 0 Å². The average molecular weight is 1130 g/mol. The molecule has 8 atom stereocenters. The number of nitrogens with zero attached hydrogens (tertiary/aromatic N) is 3. The highest BCUT2D eigenvalue weighted by atomic mass is 16.7. The van der Waals surface area contributed by atoms with Crippen LogP contribution < -0.4 is 30.3 Å². The van der Waals surface area contributed by atoms with Gasteiger partial charge in [0.05, 0.1) is 36.7 Å². The van der Waals surface area contributed by atoms with Crippen LogP contribution in [-0.2, 0) is 68.9 Å². The Morgan fingerprint density at radius 3 is 2.28 bits per heavy atom. The molecule has 0 radical (unpaired) electrons. The standard InChI is InChI=1S/C55H64N6O20/c1-8-19-74-55(70)61-38-26-42(41(71-7)25-36(38)52(69)60-18-11-13-37(60)53(61)81-46-15-9-10-20-73-46)72-21-12-14-45(66)56-35-24-39(59(6)27-35)50(67)57-34-16-17-40-33(22-34)23-43(79-40)51(68)58-47-49(77-31(4)64)48(76-30(3)63)44(28-75-29(2)62)80-54(47)78-32(5)65/h8,16-17,22-27,37,44,46-49,53-54H,1,9-15,18-21,28H2,2-7H3,(H,56,66)(H,57,67)(H,58,68)/t37-,44?,46?,47?,48?,49?,53?,54?/m0/s1. The van der Waals surface area contributed by atoms with Gasteiger partial charge in [0.15, 0.2) is 42.0 Å². The second kappa shape index (κ2) is 26.2. The first-order chi connectivity index (χ1) is 38.8. The van der Waals surface area contributed by atoms with Gasteiger partial charge in [-0.25, -0.2) is 9.69 Å². The van der Waals surface area contributed by atoms with Crippen LogP contribution in [0.25, 0.3) is 11.0 Å². The van der Waals surface area contributed by atoms with E-state index in [-0.39, 0.29) is 77.7 Å². The molecule has 2 aromatic heterocycles. The van der Waals surface area contributed by atoms with E-state index in [2.05, 4.69) is 22.5 Å². The molecule has 5 amide bonds. The third-order valence-corrected chi connectivity index (χ3v) is 13.5. The number of amides is 5. The molecule has 26 nitrogen and oxygen atoms in total. The van der Waals surface area contributed by atoms with Crippen LogP contribution in [0.5, 0.6) is 11.5 Å². The van der Waals surface area contributed by atoms with E-state index in [4.69, 9.17) is 51.8 Å². The molecule has 4 aliphatic rings. The number of hydrogen-bond acceptors (Lipinski definition) is 20. The highest BCUT2D eigenvalue weighted by Gasteiger charge is 2.53. The van der Waals surface area contributed by atoms with Gasteiger partial charge in [-0.1, -0.05) is 12.7 Å². The Balaban J connectivity index is 0.898. The average Bonchev–Trinajstić information content (AvgIpc) is 4.20. The van der Waals surface area contributed by atoms with E-state index < -0.39 is 97.6 Å². The Labute approximate surface area is 464 Å². The number of esters is 4. The van der Waals surface area contributed by atoms with Crippen molar-refractivity contribution in [3.8, 4) is 11.5 Å². The third kappa shape index (κ3) is 14.1. The molecule has 8 rings (SSSR count). The summed E-state index contributed by atoms with van der Waals surface area (Å²) in [6, 6.07) is 8.54. The number of aromatic nitrogens is 1. The van der Waals surface area contributed by atoms with Crippen LogP contribution in [-0.4, -0.2) is 152 Å². The van der Waals surface area contributed by atoms with Crippen molar-refractivity contribution in [3.63, 3.8) is 0 Å². The Bertz CT molecular complexity index is 3060. The molecule has 0 aliphatic carbocycles. The highest BCUT2D eigenvalue weighted by Crippen LogP contribution is 2.43. The lowest BCUT2D eigenvalue weighted by Crippen LogP contribution is -2.67. The quantitative estimate of drug-likeness (QED) is 0.0440. The number of methoxy groups -OCH3 is 1. The number of rotatable bonds is 20. The van der Waals surface area contributed by atoms with E-state index in [0.29, 0.717) is 49.2 Å². The molecule has 3 N–H and O–H groups in total. The minimum atomic E-state index is -1.63. The van der Waals surface area contributed by atoms with Crippen molar-refractivity contribution in [2.75, 3.05) is 55.6 Å². The monoisotopic (exact) mass is 1130 g/mol. The van der Waals surface area contributed by atoms with E-state index in [1.165, 1.54) is 53.0 Å². The van der Waals surface area contributed by atoms with Gasteiger partial charge in [-0.05, 0) is 74.9 Å². The number of fused-ring (bicyclic) bond motifs is 3. The molecule has 4 aromatic rings. The third-order valence-electron chi connectivity index (χ3n) is 13.5. The first-order valence-electron chi connectivity index (χ1n) is 26.2. The molecular weight excluding hydrogens is 1060 g/mol. The minimum Gasteiger partial charge on any atom is -0.493 e. The van der Waals surface area contributed by atoms with Gasteiger partial charge in [0.25, 0.3) is 17.7 Å². The van der Waals surface area contributed by atoms with Crippen LogP contribution in [0.2, 0.25) is 0 Å². The van der Waals surface area contributed by atoms with E-state index in [0.717, 1.165) is 40.5 Å². The first kappa shape index (κ1) is 58.7. The SMILES string of the molecule is C=CCOC(=O)N1c2cc(OCCCC(=O)Nc3cc(C(=O)Nc4ccc5oc(C(=O)NC6C(OC(C)=O)OC(COC(C)=O)C(OC(C)=O)C6OC(C)=O)cc5c4)n(C)c3)c(OC)cc2C(=O)N2CCC[C@H]2C1OC1CCCCO1. The minimum absolute atomic E-state index is 0.00172. The number of hydrogen-bond donors (Lipinski definition) is 3. The van der Waals surface area contributed by atoms with Crippen molar-refractivity contribution in [1.29, 1.82) is 0 Å². The normalized spacial score (nSPS) is 22.2. The van der Waals surface area contributed by atoms with Crippen molar-refractivity contribution in [2.45, 2.75) is 122 Å². The molecule has 0 spiro atoms. The highest BCUT2D eigenvalue weighted by molar-refractivity contribution is 6.07. The number of aryl methyl sites for hydroxylation is 1. The number of ether oxygens (including phenoxy) is 10. The summed E-state index contributed by atoms with van der Waals surface area (Å²) >= 11 is 0. The smallest absolute Gasteiger partial charge is 0.416 e. The number of carbonyl (C=O) groups excluding carboxylic acids is 9. The van der Waals surface area contributed by atoms with Gasteiger partial charge >= 0.3 is 30.0 Å². The fraction of sp³-hybridized carbons (Fsp3) is 0.473. The van der Waals surface area contributed by atoms with Gasteiger partial charge in [0, 0.05) is 77.7 Å². The summed E-state index contributed by atoms with van der Waals surface area (Å²) < 4.78 is 64.4. The number of carbonyl (C=O) groups is 9. The summed E-state index contributed by atoms with van der Waals surface area (Å²) in [5, 5.41) is 8.57. The number of nitrogens with one attached hydrogen (secondary N) is 3. The molecule has 4 aliphatic heterocycles. The Morgan fingerprint density at radius 1 is 0.815 bits per heavy atom.